The highest BCUT2D eigenvalue weighted by atomic mass is 16.5. The van der Waals surface area contributed by atoms with Gasteiger partial charge in [0.2, 0.25) is 5.91 Å². The molecule has 0 unspecified atom stereocenters. The van der Waals surface area contributed by atoms with Gasteiger partial charge in [0, 0.05) is 25.7 Å². The van der Waals surface area contributed by atoms with Gasteiger partial charge in [-0.05, 0) is 75.4 Å². The van der Waals surface area contributed by atoms with E-state index in [0.29, 0.717) is 31.7 Å². The maximum atomic E-state index is 12.8. The van der Waals surface area contributed by atoms with Gasteiger partial charge in [-0.15, -0.1) is 0 Å². The third-order valence-electron chi connectivity index (χ3n) is 6.33. The molecule has 2 aliphatic heterocycles. The lowest BCUT2D eigenvalue weighted by Crippen LogP contribution is -2.54. The van der Waals surface area contributed by atoms with Gasteiger partial charge in [0.05, 0.1) is 24.6 Å². The van der Waals surface area contributed by atoms with E-state index in [9.17, 15) is 9.59 Å². The summed E-state index contributed by atoms with van der Waals surface area (Å²) >= 11 is 0. The van der Waals surface area contributed by atoms with E-state index in [-0.39, 0.29) is 17.9 Å². The Kier molecular flexibility index (Phi) is 7.06. The number of hydrogen-bond donors (Lipinski definition) is 1. The van der Waals surface area contributed by atoms with Crippen LogP contribution in [0.2, 0.25) is 0 Å². The van der Waals surface area contributed by atoms with Crippen molar-refractivity contribution in [1.29, 1.82) is 0 Å². The van der Waals surface area contributed by atoms with Crippen molar-refractivity contribution >= 4 is 23.2 Å². The Hall–Kier alpha value is -3.22. The van der Waals surface area contributed by atoms with Crippen LogP contribution in [0.5, 0.6) is 11.5 Å². The molecule has 0 bridgehead atoms. The van der Waals surface area contributed by atoms with Gasteiger partial charge in [0.25, 0.3) is 5.91 Å². The van der Waals surface area contributed by atoms with Crippen molar-refractivity contribution < 1.29 is 19.1 Å². The fourth-order valence-corrected chi connectivity index (χ4v) is 4.67. The Labute approximate surface area is 195 Å². The Morgan fingerprint density at radius 1 is 1.03 bits per heavy atom. The molecule has 4 rings (SSSR count). The number of carbonyl (C=O) groups is 2. The summed E-state index contributed by atoms with van der Waals surface area (Å²) in [5, 5.41) is 3.00. The molecule has 1 N–H and O–H groups in total. The van der Waals surface area contributed by atoms with Gasteiger partial charge in [0.15, 0.2) is 11.5 Å². The van der Waals surface area contributed by atoms with Gasteiger partial charge in [-0.25, -0.2) is 0 Å². The van der Waals surface area contributed by atoms with Crippen LogP contribution in [0.3, 0.4) is 0 Å². The predicted molar refractivity (Wildman–Crippen MR) is 130 cm³/mol. The molecule has 0 saturated carbocycles. The summed E-state index contributed by atoms with van der Waals surface area (Å²) in [6.45, 7) is 6.41. The highest BCUT2D eigenvalue weighted by Gasteiger charge is 2.37. The normalized spacial score (nSPS) is 17.3. The third-order valence-corrected chi connectivity index (χ3v) is 6.33. The number of benzene rings is 2. The van der Waals surface area contributed by atoms with E-state index in [2.05, 4.69) is 10.2 Å². The molecule has 1 saturated heterocycles. The Morgan fingerprint density at radius 3 is 2.61 bits per heavy atom. The molecule has 0 radical (unpaired) electrons. The summed E-state index contributed by atoms with van der Waals surface area (Å²) in [7, 11) is 1.80. The first-order valence-electron chi connectivity index (χ1n) is 11.9. The molecular weight excluding hydrogens is 418 g/mol. The van der Waals surface area contributed by atoms with Crippen molar-refractivity contribution in [2.75, 3.05) is 43.2 Å². The van der Waals surface area contributed by atoms with Crippen LogP contribution in [0.1, 0.15) is 49.0 Å². The van der Waals surface area contributed by atoms with Crippen LogP contribution >= 0.6 is 0 Å². The first kappa shape index (κ1) is 23.0. The molecular formula is C26H33N3O4. The van der Waals surface area contributed by atoms with Crippen LogP contribution in [0.4, 0.5) is 11.4 Å². The van der Waals surface area contributed by atoms with E-state index in [1.54, 1.807) is 11.9 Å². The van der Waals surface area contributed by atoms with Gasteiger partial charge >= 0.3 is 0 Å². The SMILES string of the molecule is CCOc1ccc(CCNC(=O)c2ccc3c(c2)N(C)C(=O)[C@@H]2CCCCN32)cc1OCC. The van der Waals surface area contributed by atoms with E-state index < -0.39 is 0 Å². The zero-order valence-corrected chi connectivity index (χ0v) is 19.7. The molecule has 1 fully saturated rings. The molecule has 0 aliphatic carbocycles. The first-order chi connectivity index (χ1) is 16.0. The van der Waals surface area contributed by atoms with E-state index in [0.717, 1.165) is 54.2 Å². The number of hydrogen-bond acceptors (Lipinski definition) is 5. The molecule has 2 aromatic rings. The van der Waals surface area contributed by atoms with Crippen molar-refractivity contribution in [3.8, 4) is 11.5 Å². The minimum Gasteiger partial charge on any atom is -0.490 e. The fraction of sp³-hybridized carbons (Fsp3) is 0.462. The first-order valence-corrected chi connectivity index (χ1v) is 11.9. The zero-order chi connectivity index (χ0) is 23.4. The number of rotatable bonds is 8. The van der Waals surface area contributed by atoms with Crippen molar-refractivity contribution in [3.05, 3.63) is 47.5 Å². The quantitative estimate of drug-likeness (QED) is 0.661. The van der Waals surface area contributed by atoms with Crippen LogP contribution in [0.15, 0.2) is 36.4 Å². The monoisotopic (exact) mass is 451 g/mol. The van der Waals surface area contributed by atoms with E-state index >= 15 is 0 Å². The summed E-state index contributed by atoms with van der Waals surface area (Å²) < 4.78 is 11.3. The number of piperidine rings is 1. The predicted octanol–water partition coefficient (Wildman–Crippen LogP) is 3.79. The maximum absolute atomic E-state index is 12.8. The summed E-state index contributed by atoms with van der Waals surface area (Å²) in [5.74, 6) is 1.42. The smallest absolute Gasteiger partial charge is 0.251 e. The average Bonchev–Trinajstić information content (AvgIpc) is 2.84. The molecule has 176 valence electrons. The van der Waals surface area contributed by atoms with Crippen LogP contribution in [0.25, 0.3) is 0 Å². The van der Waals surface area contributed by atoms with Crippen LogP contribution in [-0.2, 0) is 11.2 Å². The second kappa shape index (κ2) is 10.1. The standard InChI is InChI=1S/C26H33N3O4/c1-4-32-23-12-9-18(16-24(23)33-5-2)13-14-27-25(30)19-10-11-20-22(17-19)28(3)26(31)21-8-6-7-15-29(20)21/h9-12,16-17,21H,4-8,13-15H2,1-3H3,(H,27,30)/t21-/m0/s1. The number of likely N-dealkylation sites (N-methyl/N-ethyl adjacent to an activating group) is 1. The topological polar surface area (TPSA) is 71.1 Å². The lowest BCUT2D eigenvalue weighted by molar-refractivity contribution is -0.120. The minimum atomic E-state index is -0.143. The summed E-state index contributed by atoms with van der Waals surface area (Å²) in [6, 6.07) is 11.5. The lowest BCUT2D eigenvalue weighted by Gasteiger charge is -2.44. The average molecular weight is 452 g/mol. The minimum absolute atomic E-state index is 0.0772. The van der Waals surface area contributed by atoms with Crippen molar-refractivity contribution in [3.63, 3.8) is 0 Å². The Balaban J connectivity index is 1.42. The Bertz CT molecular complexity index is 1020. The van der Waals surface area contributed by atoms with Gasteiger partial charge in [-0.2, -0.15) is 0 Å². The highest BCUT2D eigenvalue weighted by Crippen LogP contribution is 2.39. The molecule has 2 heterocycles. The number of anilines is 2. The Morgan fingerprint density at radius 2 is 1.82 bits per heavy atom. The summed E-state index contributed by atoms with van der Waals surface area (Å²) in [4.78, 5) is 29.6. The van der Waals surface area contributed by atoms with Gasteiger partial charge in [-0.1, -0.05) is 6.07 Å². The van der Waals surface area contributed by atoms with Crippen LogP contribution < -0.4 is 24.6 Å². The van der Waals surface area contributed by atoms with E-state index in [4.69, 9.17) is 9.47 Å². The largest absolute Gasteiger partial charge is 0.490 e. The number of ether oxygens (including phenoxy) is 2. The summed E-state index contributed by atoms with van der Waals surface area (Å²) in [5.41, 5.74) is 3.47. The lowest BCUT2D eigenvalue weighted by atomic mass is 9.96. The number of fused-ring (bicyclic) bond motifs is 3. The van der Waals surface area contributed by atoms with E-state index in [1.807, 2.05) is 50.2 Å². The molecule has 7 nitrogen and oxygen atoms in total. The molecule has 2 aliphatic rings. The van der Waals surface area contributed by atoms with Crippen molar-refractivity contribution in [1.82, 2.24) is 5.32 Å². The zero-order valence-electron chi connectivity index (χ0n) is 19.7. The van der Waals surface area contributed by atoms with Crippen molar-refractivity contribution in [2.45, 2.75) is 45.6 Å². The number of carbonyl (C=O) groups excluding carboxylic acids is 2. The van der Waals surface area contributed by atoms with Crippen LogP contribution in [-0.4, -0.2) is 51.2 Å². The number of nitrogens with one attached hydrogen (secondary N) is 1. The van der Waals surface area contributed by atoms with E-state index in [1.165, 1.54) is 0 Å². The maximum Gasteiger partial charge on any atom is 0.251 e. The highest BCUT2D eigenvalue weighted by molar-refractivity contribution is 6.07. The number of amides is 2. The van der Waals surface area contributed by atoms with Gasteiger partial charge in [-0.3, -0.25) is 9.59 Å². The second-order valence-electron chi connectivity index (χ2n) is 8.46. The number of nitrogens with zero attached hydrogens (tertiary/aromatic N) is 2. The molecule has 0 spiro atoms. The van der Waals surface area contributed by atoms with Crippen LogP contribution in [0, 0.1) is 0 Å². The molecule has 1 atom stereocenters. The van der Waals surface area contributed by atoms with Crippen molar-refractivity contribution in [2.24, 2.45) is 0 Å². The molecule has 0 aromatic heterocycles. The van der Waals surface area contributed by atoms with Gasteiger partial charge < -0.3 is 24.6 Å². The molecule has 2 amide bonds. The third kappa shape index (κ3) is 4.77. The second-order valence-corrected chi connectivity index (χ2v) is 8.46. The molecule has 33 heavy (non-hydrogen) atoms. The fourth-order valence-electron chi connectivity index (χ4n) is 4.67. The van der Waals surface area contributed by atoms with Gasteiger partial charge in [0.1, 0.15) is 6.04 Å². The molecule has 2 aromatic carbocycles. The molecule has 7 heteroatoms. The summed E-state index contributed by atoms with van der Waals surface area (Å²) in [6.07, 6.45) is 3.74.